The summed E-state index contributed by atoms with van der Waals surface area (Å²) in [6, 6.07) is 3.64. The van der Waals surface area contributed by atoms with Gasteiger partial charge in [0.2, 0.25) is 17.7 Å². The number of carbonyl (C=O) groups excluding carboxylic acids is 3. The molecule has 6 nitrogen and oxygen atoms in total. The van der Waals surface area contributed by atoms with Crippen molar-refractivity contribution < 1.29 is 14.4 Å². The second-order valence-electron chi connectivity index (χ2n) is 5.90. The first-order valence-corrected chi connectivity index (χ1v) is 8.62. The Morgan fingerprint density at radius 2 is 1.96 bits per heavy atom. The van der Waals surface area contributed by atoms with E-state index in [0.29, 0.717) is 10.6 Å². The van der Waals surface area contributed by atoms with E-state index in [4.69, 9.17) is 5.26 Å². The summed E-state index contributed by atoms with van der Waals surface area (Å²) >= 11 is 1.28. The van der Waals surface area contributed by atoms with Crippen molar-refractivity contribution in [3.05, 3.63) is 17.0 Å². The first kappa shape index (κ1) is 15.7. The Labute approximate surface area is 138 Å². The zero-order chi connectivity index (χ0) is 16.4. The van der Waals surface area contributed by atoms with Crippen LogP contribution in [0.1, 0.15) is 37.7 Å². The Hall–Kier alpha value is -2.20. The summed E-state index contributed by atoms with van der Waals surface area (Å²) in [7, 11) is 0. The Morgan fingerprint density at radius 3 is 2.57 bits per heavy atom. The highest BCUT2D eigenvalue weighted by atomic mass is 32.1. The molecule has 2 aliphatic rings. The number of imide groups is 1. The number of anilines is 1. The lowest BCUT2D eigenvalue weighted by atomic mass is 9.81. The first-order chi connectivity index (χ1) is 11.1. The van der Waals surface area contributed by atoms with E-state index < -0.39 is 0 Å². The molecule has 0 spiro atoms. The van der Waals surface area contributed by atoms with Crippen molar-refractivity contribution in [1.82, 2.24) is 4.90 Å². The van der Waals surface area contributed by atoms with E-state index in [0.717, 1.165) is 25.7 Å². The van der Waals surface area contributed by atoms with Crippen molar-refractivity contribution in [1.29, 1.82) is 5.26 Å². The molecular formula is C16H17N3O3S. The van der Waals surface area contributed by atoms with E-state index in [1.807, 2.05) is 6.07 Å². The zero-order valence-electron chi connectivity index (χ0n) is 12.6. The predicted octanol–water partition coefficient (Wildman–Crippen LogP) is 2.12. The van der Waals surface area contributed by atoms with Gasteiger partial charge in [-0.2, -0.15) is 5.26 Å². The van der Waals surface area contributed by atoms with Crippen LogP contribution in [0.5, 0.6) is 0 Å². The van der Waals surface area contributed by atoms with Gasteiger partial charge in [-0.1, -0.05) is 12.8 Å². The quantitative estimate of drug-likeness (QED) is 0.856. The minimum atomic E-state index is -0.292. The minimum Gasteiger partial charge on any atom is -0.317 e. The SMILES string of the molecule is N#Cc1ccsc1NC(=O)CCN1C(=O)[C@@H]2CCCC[C@H]2C1=O. The molecule has 3 rings (SSSR count). The molecule has 0 radical (unpaired) electrons. The van der Waals surface area contributed by atoms with Crippen molar-refractivity contribution >= 4 is 34.1 Å². The Kier molecular flexibility index (Phi) is 4.44. The number of fused-ring (bicyclic) bond motifs is 1. The molecule has 0 unspecified atom stereocenters. The highest BCUT2D eigenvalue weighted by molar-refractivity contribution is 7.14. The Morgan fingerprint density at radius 1 is 1.30 bits per heavy atom. The minimum absolute atomic E-state index is 0.0552. The van der Waals surface area contributed by atoms with Crippen molar-refractivity contribution in [3.63, 3.8) is 0 Å². The van der Waals surface area contributed by atoms with Gasteiger partial charge in [-0.3, -0.25) is 19.3 Å². The number of hydrogen-bond donors (Lipinski definition) is 1. The number of hydrogen-bond acceptors (Lipinski definition) is 5. The van der Waals surface area contributed by atoms with Crippen LogP contribution >= 0.6 is 11.3 Å². The lowest BCUT2D eigenvalue weighted by Crippen LogP contribution is -2.34. The molecule has 2 atom stereocenters. The number of thiophene rings is 1. The molecule has 3 amide bonds. The van der Waals surface area contributed by atoms with Gasteiger partial charge in [0.1, 0.15) is 11.1 Å². The molecule has 1 aliphatic heterocycles. The van der Waals surface area contributed by atoms with Gasteiger partial charge < -0.3 is 5.32 Å². The molecule has 2 fully saturated rings. The fourth-order valence-electron chi connectivity index (χ4n) is 3.35. The van der Waals surface area contributed by atoms with Gasteiger partial charge in [0.05, 0.1) is 17.4 Å². The van der Waals surface area contributed by atoms with Crippen molar-refractivity contribution in [2.75, 3.05) is 11.9 Å². The average Bonchev–Trinajstić information content (AvgIpc) is 3.10. The molecule has 1 saturated carbocycles. The monoisotopic (exact) mass is 331 g/mol. The van der Waals surface area contributed by atoms with Crippen LogP contribution in [0.25, 0.3) is 0 Å². The highest BCUT2D eigenvalue weighted by Gasteiger charge is 2.47. The molecule has 0 bridgehead atoms. The molecule has 1 N–H and O–H groups in total. The summed E-state index contributed by atoms with van der Waals surface area (Å²) in [5.41, 5.74) is 0.419. The zero-order valence-corrected chi connectivity index (χ0v) is 13.4. The predicted molar refractivity (Wildman–Crippen MR) is 84.4 cm³/mol. The maximum atomic E-state index is 12.3. The lowest BCUT2D eigenvalue weighted by molar-refractivity contribution is -0.140. The number of nitriles is 1. The third-order valence-corrected chi connectivity index (χ3v) is 5.36. The van der Waals surface area contributed by atoms with E-state index in [9.17, 15) is 14.4 Å². The summed E-state index contributed by atoms with van der Waals surface area (Å²) in [5.74, 6) is -0.898. The summed E-state index contributed by atoms with van der Waals surface area (Å²) in [4.78, 5) is 37.9. The van der Waals surface area contributed by atoms with Gasteiger partial charge >= 0.3 is 0 Å². The van der Waals surface area contributed by atoms with Crippen LogP contribution in [-0.2, 0) is 14.4 Å². The number of rotatable bonds is 4. The van der Waals surface area contributed by atoms with Crippen LogP contribution in [0.15, 0.2) is 11.4 Å². The molecule has 0 aromatic carbocycles. The molecular weight excluding hydrogens is 314 g/mol. The number of likely N-dealkylation sites (tertiary alicyclic amines) is 1. The molecule has 120 valence electrons. The second-order valence-corrected chi connectivity index (χ2v) is 6.82. The largest absolute Gasteiger partial charge is 0.317 e. The molecule has 1 aliphatic carbocycles. The summed E-state index contributed by atoms with van der Waals surface area (Å²) < 4.78 is 0. The van der Waals surface area contributed by atoms with E-state index in [2.05, 4.69) is 5.32 Å². The standard InChI is InChI=1S/C16H17N3O3S/c17-9-10-6-8-23-14(10)18-13(20)5-7-19-15(21)11-3-1-2-4-12(11)16(19)22/h6,8,11-12H,1-5,7H2,(H,18,20)/t11-,12-/m1/s1. The van der Waals surface area contributed by atoms with Crippen LogP contribution in [0.2, 0.25) is 0 Å². The van der Waals surface area contributed by atoms with Crippen molar-refractivity contribution in [3.8, 4) is 6.07 Å². The van der Waals surface area contributed by atoms with Crippen LogP contribution < -0.4 is 5.32 Å². The molecule has 23 heavy (non-hydrogen) atoms. The van der Waals surface area contributed by atoms with E-state index in [-0.39, 0.29) is 42.5 Å². The number of nitrogens with one attached hydrogen (secondary N) is 1. The maximum Gasteiger partial charge on any atom is 0.233 e. The third kappa shape index (κ3) is 2.99. The number of nitrogens with zero attached hydrogens (tertiary/aromatic N) is 2. The van der Waals surface area contributed by atoms with Gasteiger partial charge in [0, 0.05) is 13.0 Å². The van der Waals surface area contributed by atoms with Crippen LogP contribution in [0.3, 0.4) is 0 Å². The number of amides is 3. The molecule has 1 saturated heterocycles. The smallest absolute Gasteiger partial charge is 0.233 e. The second kappa shape index (κ2) is 6.50. The summed E-state index contributed by atoms with van der Waals surface area (Å²) in [5, 5.41) is 13.8. The molecule has 1 aromatic heterocycles. The maximum absolute atomic E-state index is 12.3. The van der Waals surface area contributed by atoms with Gasteiger partial charge in [-0.25, -0.2) is 0 Å². The molecule has 1 aromatic rings. The number of carbonyl (C=O) groups is 3. The van der Waals surface area contributed by atoms with Crippen molar-refractivity contribution in [2.24, 2.45) is 11.8 Å². The van der Waals surface area contributed by atoms with Gasteiger partial charge in [-0.15, -0.1) is 11.3 Å². The van der Waals surface area contributed by atoms with E-state index in [1.54, 1.807) is 11.4 Å². The van der Waals surface area contributed by atoms with Crippen LogP contribution in [-0.4, -0.2) is 29.2 Å². The average molecular weight is 331 g/mol. The fraction of sp³-hybridized carbons (Fsp3) is 0.500. The lowest BCUT2D eigenvalue weighted by Gasteiger charge is -2.19. The van der Waals surface area contributed by atoms with Crippen LogP contribution in [0.4, 0.5) is 5.00 Å². The Balaban J connectivity index is 1.58. The van der Waals surface area contributed by atoms with Gasteiger partial charge in [0.15, 0.2) is 0 Å². The normalized spacial score (nSPS) is 23.5. The first-order valence-electron chi connectivity index (χ1n) is 7.74. The van der Waals surface area contributed by atoms with E-state index in [1.165, 1.54) is 16.2 Å². The Bertz CT molecular complexity index is 667. The van der Waals surface area contributed by atoms with E-state index >= 15 is 0 Å². The van der Waals surface area contributed by atoms with Crippen molar-refractivity contribution in [2.45, 2.75) is 32.1 Å². The molecule has 7 heteroatoms. The molecule has 2 heterocycles. The topological polar surface area (TPSA) is 90.3 Å². The van der Waals surface area contributed by atoms with Gasteiger partial charge in [-0.05, 0) is 24.3 Å². The third-order valence-electron chi connectivity index (χ3n) is 4.53. The highest BCUT2D eigenvalue weighted by Crippen LogP contribution is 2.38. The van der Waals surface area contributed by atoms with Crippen LogP contribution in [0, 0.1) is 23.2 Å². The van der Waals surface area contributed by atoms with Gasteiger partial charge in [0.25, 0.3) is 0 Å². The summed E-state index contributed by atoms with van der Waals surface area (Å²) in [6.07, 6.45) is 3.59. The summed E-state index contributed by atoms with van der Waals surface area (Å²) in [6.45, 7) is 0.115. The fourth-order valence-corrected chi connectivity index (χ4v) is 4.10.